The van der Waals surface area contributed by atoms with Gasteiger partial charge in [0, 0.05) is 11.4 Å². The fourth-order valence-electron chi connectivity index (χ4n) is 3.94. The number of nitrogens with one attached hydrogen (secondary N) is 1. The number of hydrazone groups is 1. The van der Waals surface area contributed by atoms with E-state index in [-0.39, 0.29) is 22.6 Å². The Morgan fingerprint density at radius 2 is 1.49 bits per heavy atom. The summed E-state index contributed by atoms with van der Waals surface area (Å²) in [6, 6.07) is 11.9. The summed E-state index contributed by atoms with van der Waals surface area (Å²) in [6.45, 7) is 3.54. The van der Waals surface area contributed by atoms with Crippen LogP contribution in [0.5, 0.6) is 0 Å². The standard InChI is InChI=1S/C27H24N4O6/c1-16-22(24(32)30(28-16)20-12-8-18(9-13-20)26(34)35)6-4-3-5-7-23-17(2)29-31(25(23)33)21-14-10-19(11-15-21)27(36)37/h3-6,8-15,23,28H,7H2,1-2H3,(H,34,35)(H,36,37)/b5-3+,6-4+. The normalized spacial score (nSPS) is 15.6. The number of anilines is 1. The molecule has 1 unspecified atom stereocenters. The van der Waals surface area contributed by atoms with Gasteiger partial charge >= 0.3 is 11.9 Å². The molecule has 3 N–H and O–H groups in total. The zero-order valence-electron chi connectivity index (χ0n) is 20.1. The zero-order chi connectivity index (χ0) is 26.7. The van der Waals surface area contributed by atoms with E-state index in [9.17, 15) is 19.2 Å². The minimum atomic E-state index is -1.04. The lowest BCUT2D eigenvalue weighted by atomic mass is 10.00. The maximum absolute atomic E-state index is 12.9. The van der Waals surface area contributed by atoms with Crippen molar-refractivity contribution < 1.29 is 24.6 Å². The molecular formula is C27H24N4O6. The number of carbonyl (C=O) groups excluding carboxylic acids is 1. The number of carboxylic acid groups (broad SMARTS) is 2. The minimum absolute atomic E-state index is 0.128. The van der Waals surface area contributed by atoms with Crippen LogP contribution >= 0.6 is 0 Å². The van der Waals surface area contributed by atoms with Gasteiger partial charge in [-0.05, 0) is 74.9 Å². The summed E-state index contributed by atoms with van der Waals surface area (Å²) in [5.74, 6) is -2.73. The molecule has 0 fully saturated rings. The van der Waals surface area contributed by atoms with E-state index >= 15 is 0 Å². The SMILES string of the molecule is CC1=NN(c2ccc(C(=O)O)cc2)C(=O)C1C/C=C/C=C/c1c(C)[nH]n(-c2ccc(C(=O)O)cc2)c1=O. The van der Waals surface area contributed by atoms with Crippen LogP contribution < -0.4 is 10.6 Å². The van der Waals surface area contributed by atoms with Gasteiger partial charge in [0.15, 0.2) is 0 Å². The second-order valence-corrected chi connectivity index (χ2v) is 8.46. The van der Waals surface area contributed by atoms with E-state index in [0.29, 0.717) is 34.8 Å². The highest BCUT2D eigenvalue weighted by Gasteiger charge is 2.33. The highest BCUT2D eigenvalue weighted by molar-refractivity contribution is 6.14. The van der Waals surface area contributed by atoms with Crippen molar-refractivity contribution >= 4 is 35.3 Å². The van der Waals surface area contributed by atoms with Gasteiger partial charge in [-0.3, -0.25) is 14.7 Å². The molecule has 0 bridgehead atoms. The molecule has 0 spiro atoms. The summed E-state index contributed by atoms with van der Waals surface area (Å²) in [6.07, 6.45) is 7.36. The monoisotopic (exact) mass is 500 g/mol. The first kappa shape index (κ1) is 25.1. The number of hydrogen-bond donors (Lipinski definition) is 3. The van der Waals surface area contributed by atoms with Crippen LogP contribution in [0.4, 0.5) is 5.69 Å². The Kier molecular flexibility index (Phi) is 7.01. The van der Waals surface area contributed by atoms with Crippen LogP contribution in [0.15, 0.2) is 76.7 Å². The molecule has 2 heterocycles. The van der Waals surface area contributed by atoms with Gasteiger partial charge in [0.25, 0.3) is 11.5 Å². The number of carboxylic acids is 2. The Morgan fingerprint density at radius 1 is 0.919 bits per heavy atom. The Labute approximate surface area is 211 Å². The van der Waals surface area contributed by atoms with Gasteiger partial charge in [-0.1, -0.05) is 18.2 Å². The number of H-pyrrole nitrogens is 1. The Bertz CT molecular complexity index is 1510. The number of hydrogen-bond acceptors (Lipinski definition) is 5. The fraction of sp³-hybridized carbons (Fsp3) is 0.148. The Balaban J connectivity index is 1.41. The van der Waals surface area contributed by atoms with E-state index in [4.69, 9.17) is 10.2 Å². The number of aryl methyl sites for hydroxylation is 1. The van der Waals surface area contributed by atoms with Crippen molar-refractivity contribution in [2.24, 2.45) is 11.0 Å². The van der Waals surface area contributed by atoms with Crippen molar-refractivity contribution in [3.63, 3.8) is 0 Å². The fourth-order valence-corrected chi connectivity index (χ4v) is 3.94. The summed E-state index contributed by atoms with van der Waals surface area (Å²) in [5.41, 5.74) is 2.76. The third kappa shape index (κ3) is 5.18. The molecule has 2 aromatic carbocycles. The molecule has 0 aliphatic carbocycles. The van der Waals surface area contributed by atoms with Gasteiger partial charge in [0.1, 0.15) is 0 Å². The predicted molar refractivity (Wildman–Crippen MR) is 138 cm³/mol. The lowest BCUT2D eigenvalue weighted by molar-refractivity contribution is -0.119. The third-order valence-electron chi connectivity index (χ3n) is 6.00. The van der Waals surface area contributed by atoms with E-state index < -0.39 is 17.9 Å². The lowest BCUT2D eigenvalue weighted by Gasteiger charge is -2.13. The smallest absolute Gasteiger partial charge is 0.335 e. The first-order chi connectivity index (χ1) is 17.7. The molecule has 1 aromatic heterocycles. The summed E-state index contributed by atoms with van der Waals surface area (Å²) in [4.78, 5) is 47.8. The molecule has 1 atom stereocenters. The second-order valence-electron chi connectivity index (χ2n) is 8.46. The number of amides is 1. The maximum atomic E-state index is 12.9. The van der Waals surface area contributed by atoms with Gasteiger partial charge in [-0.15, -0.1) is 0 Å². The summed E-state index contributed by atoms with van der Waals surface area (Å²) in [7, 11) is 0. The first-order valence-electron chi connectivity index (χ1n) is 11.4. The van der Waals surface area contributed by atoms with Gasteiger partial charge < -0.3 is 10.2 Å². The molecule has 10 nitrogen and oxygen atoms in total. The minimum Gasteiger partial charge on any atom is -0.478 e. The molecule has 0 radical (unpaired) electrons. The van der Waals surface area contributed by atoms with Crippen LogP contribution in [-0.2, 0) is 4.79 Å². The van der Waals surface area contributed by atoms with Crippen molar-refractivity contribution in [2.45, 2.75) is 20.3 Å². The van der Waals surface area contributed by atoms with E-state index in [0.717, 1.165) is 0 Å². The predicted octanol–water partition coefficient (Wildman–Crippen LogP) is 3.87. The summed E-state index contributed by atoms with van der Waals surface area (Å²) >= 11 is 0. The van der Waals surface area contributed by atoms with Crippen molar-refractivity contribution in [3.8, 4) is 5.69 Å². The zero-order valence-corrected chi connectivity index (χ0v) is 20.1. The molecule has 4 rings (SSSR count). The van der Waals surface area contributed by atoms with E-state index in [1.165, 1.54) is 34.0 Å². The molecular weight excluding hydrogens is 476 g/mol. The van der Waals surface area contributed by atoms with Crippen molar-refractivity contribution in [2.75, 3.05) is 5.01 Å². The molecule has 0 saturated heterocycles. The quantitative estimate of drug-likeness (QED) is 0.401. The molecule has 0 saturated carbocycles. The molecule has 10 heteroatoms. The highest BCUT2D eigenvalue weighted by Crippen LogP contribution is 2.26. The van der Waals surface area contributed by atoms with Crippen molar-refractivity contribution in [3.05, 3.63) is 99.5 Å². The van der Waals surface area contributed by atoms with Gasteiger partial charge in [-0.25, -0.2) is 19.3 Å². The number of aromatic carboxylic acids is 2. The maximum Gasteiger partial charge on any atom is 0.335 e. The van der Waals surface area contributed by atoms with E-state index in [2.05, 4.69) is 10.2 Å². The molecule has 1 amide bonds. The van der Waals surface area contributed by atoms with Crippen LogP contribution in [0, 0.1) is 12.8 Å². The topological polar surface area (TPSA) is 145 Å². The molecule has 3 aromatic rings. The average molecular weight is 501 g/mol. The Morgan fingerprint density at radius 3 is 2.05 bits per heavy atom. The van der Waals surface area contributed by atoms with Crippen molar-refractivity contribution in [1.29, 1.82) is 0 Å². The number of benzene rings is 2. The number of rotatable bonds is 8. The Hall–Kier alpha value is -4.99. The van der Waals surface area contributed by atoms with Gasteiger partial charge in [0.05, 0.1) is 34.0 Å². The number of nitrogens with zero attached hydrogens (tertiary/aromatic N) is 3. The van der Waals surface area contributed by atoms with Crippen LogP contribution in [0.2, 0.25) is 0 Å². The second kappa shape index (κ2) is 10.3. The van der Waals surface area contributed by atoms with Crippen LogP contribution in [0.1, 0.15) is 45.3 Å². The number of carbonyl (C=O) groups is 3. The number of allylic oxidation sites excluding steroid dienone is 3. The average Bonchev–Trinajstić information content (AvgIpc) is 3.33. The molecule has 188 valence electrons. The van der Waals surface area contributed by atoms with Gasteiger partial charge in [-0.2, -0.15) is 5.10 Å². The molecule has 1 aliphatic heterocycles. The highest BCUT2D eigenvalue weighted by atomic mass is 16.4. The summed E-state index contributed by atoms with van der Waals surface area (Å²) < 4.78 is 1.35. The van der Waals surface area contributed by atoms with Crippen molar-refractivity contribution in [1.82, 2.24) is 9.78 Å². The first-order valence-corrected chi connectivity index (χ1v) is 11.4. The number of aromatic nitrogens is 2. The number of aromatic amines is 1. The molecule has 37 heavy (non-hydrogen) atoms. The van der Waals surface area contributed by atoms with E-state index in [1.807, 2.05) is 6.08 Å². The van der Waals surface area contributed by atoms with Gasteiger partial charge in [0.2, 0.25) is 0 Å². The van der Waals surface area contributed by atoms with E-state index in [1.54, 1.807) is 56.3 Å². The van der Waals surface area contributed by atoms with Crippen LogP contribution in [-0.4, -0.2) is 43.6 Å². The van der Waals surface area contributed by atoms with Crippen LogP contribution in [0.3, 0.4) is 0 Å². The lowest BCUT2D eigenvalue weighted by Crippen LogP contribution is -2.26. The largest absolute Gasteiger partial charge is 0.478 e. The van der Waals surface area contributed by atoms with Crippen LogP contribution in [0.25, 0.3) is 11.8 Å². The molecule has 1 aliphatic rings. The third-order valence-corrected chi connectivity index (χ3v) is 6.00. The summed E-state index contributed by atoms with van der Waals surface area (Å²) in [5, 5.41) is 26.7.